The summed E-state index contributed by atoms with van der Waals surface area (Å²) in [5.74, 6) is -1.46. The molecule has 0 amide bonds. The van der Waals surface area contributed by atoms with Gasteiger partial charge < -0.3 is 14.8 Å². The zero-order chi connectivity index (χ0) is 17.0. The smallest absolute Gasteiger partial charge is 0.337 e. The maximum Gasteiger partial charge on any atom is 0.337 e. The van der Waals surface area contributed by atoms with Crippen LogP contribution in [0.4, 0.5) is 0 Å². The first-order valence-corrected chi connectivity index (χ1v) is 8.36. The Labute approximate surface area is 134 Å². The van der Waals surface area contributed by atoms with Gasteiger partial charge in [-0.3, -0.25) is 0 Å². The fourth-order valence-electron chi connectivity index (χ4n) is 2.25. The molecule has 1 heterocycles. The molecule has 0 spiro atoms. The lowest BCUT2D eigenvalue weighted by molar-refractivity contribution is 0.0598. The molecule has 1 aromatic carbocycles. The average Bonchev–Trinajstić information content (AvgIpc) is 2.60. The van der Waals surface area contributed by atoms with Crippen LogP contribution in [0.5, 0.6) is 0 Å². The highest BCUT2D eigenvalue weighted by Gasteiger charge is 2.28. The number of rotatable bonds is 4. The Hall–Kier alpha value is -1.97. The second-order valence-electron chi connectivity index (χ2n) is 4.88. The zero-order valence-electron chi connectivity index (χ0n) is 12.9. The molecule has 0 aliphatic carbocycles. The van der Waals surface area contributed by atoms with E-state index in [0.717, 1.165) is 0 Å². The summed E-state index contributed by atoms with van der Waals surface area (Å²) in [6.07, 6.45) is 0. The molecule has 1 N–H and O–H groups in total. The number of sulfonamides is 1. The number of benzene rings is 1. The van der Waals surface area contributed by atoms with Gasteiger partial charge in [-0.25, -0.2) is 18.0 Å². The summed E-state index contributed by atoms with van der Waals surface area (Å²) in [5.41, 5.74) is -0.0479. The molecule has 1 aromatic rings. The third-order valence-electron chi connectivity index (χ3n) is 3.46. The van der Waals surface area contributed by atoms with Gasteiger partial charge >= 0.3 is 11.9 Å². The van der Waals surface area contributed by atoms with Gasteiger partial charge in [0.05, 0.1) is 30.2 Å². The molecule has 23 heavy (non-hydrogen) atoms. The van der Waals surface area contributed by atoms with Crippen LogP contribution in [0.15, 0.2) is 23.1 Å². The fourth-order valence-corrected chi connectivity index (χ4v) is 3.77. The van der Waals surface area contributed by atoms with Crippen LogP contribution in [0, 0.1) is 0 Å². The van der Waals surface area contributed by atoms with E-state index in [-0.39, 0.29) is 16.0 Å². The predicted octanol–water partition coefficient (Wildman–Crippen LogP) is -0.146. The number of esters is 2. The van der Waals surface area contributed by atoms with E-state index in [9.17, 15) is 18.0 Å². The summed E-state index contributed by atoms with van der Waals surface area (Å²) < 4.78 is 35.9. The van der Waals surface area contributed by atoms with E-state index in [4.69, 9.17) is 0 Å². The first-order chi connectivity index (χ1) is 10.9. The minimum atomic E-state index is -3.81. The Morgan fingerprint density at radius 1 is 1.00 bits per heavy atom. The van der Waals surface area contributed by atoms with Gasteiger partial charge in [0, 0.05) is 26.2 Å². The topological polar surface area (TPSA) is 102 Å². The van der Waals surface area contributed by atoms with Crippen molar-refractivity contribution < 1.29 is 27.5 Å². The molecule has 8 nitrogen and oxygen atoms in total. The van der Waals surface area contributed by atoms with Crippen LogP contribution < -0.4 is 5.32 Å². The van der Waals surface area contributed by atoms with Gasteiger partial charge in [0.15, 0.2) is 0 Å². The van der Waals surface area contributed by atoms with E-state index in [1.807, 2.05) is 0 Å². The lowest BCUT2D eigenvalue weighted by Gasteiger charge is -2.26. The maximum atomic E-state index is 12.7. The molecule has 0 bridgehead atoms. The number of carbonyl (C=O) groups excluding carboxylic acids is 2. The van der Waals surface area contributed by atoms with Crippen LogP contribution in [0.25, 0.3) is 0 Å². The molecule has 1 saturated heterocycles. The molecule has 1 aliphatic rings. The first kappa shape index (κ1) is 17.4. The Balaban J connectivity index is 2.51. The van der Waals surface area contributed by atoms with Crippen LogP contribution >= 0.6 is 0 Å². The van der Waals surface area contributed by atoms with Crippen LogP contribution in [-0.2, 0) is 19.5 Å². The minimum absolute atomic E-state index is 0.0240. The molecule has 2 rings (SSSR count). The van der Waals surface area contributed by atoms with Gasteiger partial charge in [-0.05, 0) is 18.2 Å². The summed E-state index contributed by atoms with van der Waals surface area (Å²) in [6, 6.07) is 3.65. The summed E-state index contributed by atoms with van der Waals surface area (Å²) in [5, 5.41) is 3.06. The van der Waals surface area contributed by atoms with Crippen molar-refractivity contribution in [1.82, 2.24) is 9.62 Å². The quantitative estimate of drug-likeness (QED) is 0.759. The first-order valence-electron chi connectivity index (χ1n) is 6.92. The highest BCUT2D eigenvalue weighted by Crippen LogP contribution is 2.21. The third-order valence-corrected chi connectivity index (χ3v) is 5.34. The number of nitrogens with zero attached hydrogens (tertiary/aromatic N) is 1. The summed E-state index contributed by atoms with van der Waals surface area (Å²) in [7, 11) is -1.46. The Morgan fingerprint density at radius 2 is 1.48 bits per heavy atom. The molecular formula is C14H18N2O6S. The second kappa shape index (κ2) is 7.07. The largest absolute Gasteiger partial charge is 0.465 e. The molecule has 0 saturated carbocycles. The average molecular weight is 342 g/mol. The number of hydrogen-bond donors (Lipinski definition) is 1. The molecule has 1 fully saturated rings. The molecule has 1 aliphatic heterocycles. The number of piperazine rings is 1. The zero-order valence-corrected chi connectivity index (χ0v) is 13.7. The highest BCUT2D eigenvalue weighted by molar-refractivity contribution is 7.89. The number of nitrogens with one attached hydrogen (secondary N) is 1. The van der Waals surface area contributed by atoms with E-state index in [2.05, 4.69) is 14.8 Å². The lowest BCUT2D eigenvalue weighted by Crippen LogP contribution is -2.46. The highest BCUT2D eigenvalue weighted by atomic mass is 32.2. The third kappa shape index (κ3) is 3.69. The number of ether oxygens (including phenoxy) is 2. The van der Waals surface area contributed by atoms with Crippen LogP contribution in [0.1, 0.15) is 20.7 Å². The Morgan fingerprint density at radius 3 is 1.91 bits per heavy atom. The maximum absolute atomic E-state index is 12.7. The molecular weight excluding hydrogens is 324 g/mol. The van der Waals surface area contributed by atoms with Crippen molar-refractivity contribution in [3.63, 3.8) is 0 Å². The number of carbonyl (C=O) groups is 2. The second-order valence-corrected chi connectivity index (χ2v) is 6.82. The van der Waals surface area contributed by atoms with E-state index < -0.39 is 22.0 Å². The van der Waals surface area contributed by atoms with Gasteiger partial charge in [0.25, 0.3) is 0 Å². The van der Waals surface area contributed by atoms with Gasteiger partial charge in [-0.15, -0.1) is 0 Å². The monoisotopic (exact) mass is 342 g/mol. The van der Waals surface area contributed by atoms with Crippen LogP contribution in [-0.4, -0.2) is 65.1 Å². The minimum Gasteiger partial charge on any atom is -0.465 e. The number of hydrogen-bond acceptors (Lipinski definition) is 7. The van der Waals surface area contributed by atoms with E-state index >= 15 is 0 Å². The molecule has 0 aromatic heterocycles. The Kier molecular flexibility index (Phi) is 5.34. The van der Waals surface area contributed by atoms with Gasteiger partial charge in [-0.1, -0.05) is 0 Å². The molecule has 0 radical (unpaired) electrons. The van der Waals surface area contributed by atoms with Crippen molar-refractivity contribution in [1.29, 1.82) is 0 Å². The summed E-state index contributed by atoms with van der Waals surface area (Å²) in [6.45, 7) is 1.72. The van der Waals surface area contributed by atoms with Crippen molar-refractivity contribution in [2.24, 2.45) is 0 Å². The van der Waals surface area contributed by atoms with Gasteiger partial charge in [0.1, 0.15) is 0 Å². The van der Waals surface area contributed by atoms with Crippen molar-refractivity contribution in [3.8, 4) is 0 Å². The van der Waals surface area contributed by atoms with Gasteiger partial charge in [-0.2, -0.15) is 4.31 Å². The molecule has 0 unspecified atom stereocenters. The molecule has 9 heteroatoms. The summed E-state index contributed by atoms with van der Waals surface area (Å²) in [4.78, 5) is 23.3. The standard InChI is InChI=1S/C14H18N2O6S/c1-21-13(17)10-7-11(14(18)22-2)9-12(8-10)23(19,20)16-5-3-15-4-6-16/h7-9,15H,3-6H2,1-2H3. The SMILES string of the molecule is COC(=O)c1cc(C(=O)OC)cc(S(=O)(=O)N2CCNCC2)c1. The van der Waals surface area contributed by atoms with E-state index in [0.29, 0.717) is 26.2 Å². The van der Waals surface area contributed by atoms with Crippen LogP contribution in [0.3, 0.4) is 0 Å². The van der Waals surface area contributed by atoms with Crippen LogP contribution in [0.2, 0.25) is 0 Å². The lowest BCUT2D eigenvalue weighted by atomic mass is 10.1. The van der Waals surface area contributed by atoms with Gasteiger partial charge in [0.2, 0.25) is 10.0 Å². The Bertz CT molecular complexity index is 676. The predicted molar refractivity (Wildman–Crippen MR) is 80.7 cm³/mol. The van der Waals surface area contributed by atoms with Crippen molar-refractivity contribution >= 4 is 22.0 Å². The van der Waals surface area contributed by atoms with Crippen molar-refractivity contribution in [2.75, 3.05) is 40.4 Å². The van der Waals surface area contributed by atoms with Crippen molar-refractivity contribution in [2.45, 2.75) is 4.90 Å². The molecule has 0 atom stereocenters. The molecule has 126 valence electrons. The van der Waals surface area contributed by atoms with Crippen molar-refractivity contribution in [3.05, 3.63) is 29.3 Å². The summed E-state index contributed by atoms with van der Waals surface area (Å²) >= 11 is 0. The van der Waals surface area contributed by atoms with E-state index in [1.165, 1.54) is 36.7 Å². The number of methoxy groups -OCH3 is 2. The fraction of sp³-hybridized carbons (Fsp3) is 0.429. The normalized spacial score (nSPS) is 15.9. The van der Waals surface area contributed by atoms with E-state index in [1.54, 1.807) is 0 Å².